The Morgan fingerprint density at radius 2 is 2.12 bits per heavy atom. The van der Waals surface area contributed by atoms with E-state index in [9.17, 15) is 19.5 Å². The highest BCUT2D eigenvalue weighted by atomic mass is 35.5. The van der Waals surface area contributed by atoms with Crippen molar-refractivity contribution < 1.29 is 29.3 Å². The third-order valence-corrected chi connectivity index (χ3v) is 3.76. The number of carboxylic acid groups (broad SMARTS) is 1. The minimum Gasteiger partial charge on any atom is -0.478 e. The van der Waals surface area contributed by atoms with Crippen molar-refractivity contribution >= 4 is 35.1 Å². The molecule has 0 fully saturated rings. The lowest BCUT2D eigenvalue weighted by Crippen LogP contribution is -2.31. The second kappa shape index (κ2) is 7.33. The van der Waals surface area contributed by atoms with Gasteiger partial charge in [-0.3, -0.25) is 4.79 Å². The molecular formula is C15H15ClN2O6. The molecule has 9 heteroatoms. The van der Waals surface area contributed by atoms with Gasteiger partial charge in [0.1, 0.15) is 5.70 Å². The lowest BCUT2D eigenvalue weighted by atomic mass is 10.1. The van der Waals surface area contributed by atoms with Crippen molar-refractivity contribution in [2.45, 2.75) is 0 Å². The molecule has 3 N–H and O–H groups in total. The average Bonchev–Trinajstić information content (AvgIpc) is 2.85. The monoisotopic (exact) mass is 354 g/mol. The number of nitrogens with zero attached hydrogens (tertiary/aromatic N) is 1. The quantitative estimate of drug-likeness (QED) is 0.644. The summed E-state index contributed by atoms with van der Waals surface area (Å²) in [5, 5.41) is 21.0. The van der Waals surface area contributed by atoms with Crippen LogP contribution in [0.1, 0.15) is 10.4 Å². The van der Waals surface area contributed by atoms with Crippen molar-refractivity contribution in [3.05, 3.63) is 40.1 Å². The Morgan fingerprint density at radius 3 is 2.71 bits per heavy atom. The number of carbonyl (C=O) groups excluding carboxylic acids is 2. The van der Waals surface area contributed by atoms with Crippen LogP contribution in [0.3, 0.4) is 0 Å². The van der Waals surface area contributed by atoms with Gasteiger partial charge in [0.25, 0.3) is 5.91 Å². The summed E-state index contributed by atoms with van der Waals surface area (Å²) in [5.41, 5.74) is -0.229. The fraction of sp³-hybridized carbons (Fsp3) is 0.267. The molecule has 1 heterocycles. The summed E-state index contributed by atoms with van der Waals surface area (Å²) in [6.07, 6.45) is 0. The number of β-amino-alcohol motifs (C(OH)–C–C–N with tert-alkyl or cyclic N) is 1. The van der Waals surface area contributed by atoms with Gasteiger partial charge in [0, 0.05) is 6.54 Å². The van der Waals surface area contributed by atoms with Crippen LogP contribution in [-0.2, 0) is 14.3 Å². The number of esters is 1. The predicted molar refractivity (Wildman–Crippen MR) is 84.7 cm³/mol. The van der Waals surface area contributed by atoms with Crippen LogP contribution in [0.5, 0.6) is 0 Å². The van der Waals surface area contributed by atoms with Gasteiger partial charge in [-0.25, -0.2) is 9.59 Å². The van der Waals surface area contributed by atoms with E-state index in [0.717, 1.165) is 0 Å². The van der Waals surface area contributed by atoms with Crippen LogP contribution in [-0.4, -0.2) is 59.8 Å². The molecule has 8 nitrogen and oxygen atoms in total. The summed E-state index contributed by atoms with van der Waals surface area (Å²) in [4.78, 5) is 36.9. The van der Waals surface area contributed by atoms with Crippen molar-refractivity contribution in [2.24, 2.45) is 0 Å². The fourth-order valence-electron chi connectivity index (χ4n) is 2.30. The van der Waals surface area contributed by atoms with Crippen LogP contribution in [0.15, 0.2) is 29.5 Å². The Balaban J connectivity index is 2.47. The van der Waals surface area contributed by atoms with Gasteiger partial charge in [0.15, 0.2) is 0 Å². The first-order valence-corrected chi connectivity index (χ1v) is 7.29. The van der Waals surface area contributed by atoms with Crippen molar-refractivity contribution in [1.82, 2.24) is 4.90 Å². The van der Waals surface area contributed by atoms with Crippen LogP contribution < -0.4 is 5.32 Å². The third-order valence-electron chi connectivity index (χ3n) is 3.45. The van der Waals surface area contributed by atoms with Gasteiger partial charge in [-0.05, 0) is 12.1 Å². The zero-order valence-corrected chi connectivity index (χ0v) is 13.5. The molecule has 0 bridgehead atoms. The number of aliphatic hydroxyl groups is 1. The van der Waals surface area contributed by atoms with E-state index >= 15 is 0 Å². The first kappa shape index (κ1) is 17.8. The molecule has 1 aliphatic rings. The Morgan fingerprint density at radius 1 is 1.42 bits per heavy atom. The van der Waals surface area contributed by atoms with Gasteiger partial charge >= 0.3 is 11.9 Å². The van der Waals surface area contributed by atoms with E-state index < -0.39 is 17.8 Å². The lowest BCUT2D eigenvalue weighted by Gasteiger charge is -2.16. The number of aliphatic hydroxyl groups excluding tert-OH is 1. The zero-order chi connectivity index (χ0) is 17.9. The van der Waals surface area contributed by atoms with E-state index in [1.54, 1.807) is 0 Å². The lowest BCUT2D eigenvalue weighted by molar-refractivity contribution is -0.136. The van der Waals surface area contributed by atoms with E-state index in [2.05, 4.69) is 10.1 Å². The highest BCUT2D eigenvalue weighted by molar-refractivity contribution is 6.34. The summed E-state index contributed by atoms with van der Waals surface area (Å²) < 4.78 is 4.66. The smallest absolute Gasteiger partial charge is 0.337 e. The topological polar surface area (TPSA) is 116 Å². The van der Waals surface area contributed by atoms with E-state index in [4.69, 9.17) is 16.7 Å². The molecule has 2 rings (SSSR count). The Hall–Kier alpha value is -2.58. The molecule has 1 aromatic carbocycles. The van der Waals surface area contributed by atoms with Crippen molar-refractivity contribution in [2.75, 3.05) is 32.1 Å². The van der Waals surface area contributed by atoms with Gasteiger partial charge in [0.05, 0.1) is 42.1 Å². The summed E-state index contributed by atoms with van der Waals surface area (Å²) in [5.74, 6) is -2.52. The minimum absolute atomic E-state index is 0.00210. The maximum atomic E-state index is 12.4. The Bertz CT molecular complexity index is 731. The van der Waals surface area contributed by atoms with E-state index in [0.29, 0.717) is 0 Å². The maximum Gasteiger partial charge on any atom is 0.337 e. The molecular weight excluding hydrogens is 340 g/mol. The summed E-state index contributed by atoms with van der Waals surface area (Å²) in [7, 11) is 1.17. The van der Waals surface area contributed by atoms with Gasteiger partial charge in [-0.1, -0.05) is 17.7 Å². The van der Waals surface area contributed by atoms with E-state index in [1.807, 2.05) is 0 Å². The standard InChI is InChI=1S/C15H15ClN2O6/c1-24-15(23)9-7-18(5-6-19)13(20)12(9)17-11-8(14(21)22)3-2-4-10(11)16/h2-4,17,19H,5-7H2,1H3,(H,21,22). The number of nitrogens with one attached hydrogen (secondary N) is 1. The molecule has 0 aliphatic carbocycles. The summed E-state index contributed by atoms with van der Waals surface area (Å²) in [6, 6.07) is 4.24. The summed E-state index contributed by atoms with van der Waals surface area (Å²) in [6.45, 7) is -0.306. The second-order valence-corrected chi connectivity index (χ2v) is 5.30. The van der Waals surface area contributed by atoms with Crippen LogP contribution >= 0.6 is 11.6 Å². The van der Waals surface area contributed by atoms with E-state index in [1.165, 1.54) is 30.2 Å². The Kier molecular flexibility index (Phi) is 5.42. The molecule has 1 aliphatic heterocycles. The number of ether oxygens (including phenoxy) is 1. The Labute approximate surface area is 142 Å². The number of anilines is 1. The molecule has 0 aromatic heterocycles. The molecule has 0 radical (unpaired) electrons. The molecule has 0 saturated carbocycles. The minimum atomic E-state index is -1.24. The SMILES string of the molecule is COC(=O)C1=C(Nc2c(Cl)cccc2C(=O)O)C(=O)N(CCO)C1. The number of para-hydroxylation sites is 1. The normalized spacial score (nSPS) is 14.1. The number of rotatable bonds is 6. The number of carboxylic acids is 1. The molecule has 0 unspecified atom stereocenters. The highest BCUT2D eigenvalue weighted by Gasteiger charge is 2.35. The second-order valence-electron chi connectivity index (χ2n) is 4.89. The van der Waals surface area contributed by atoms with E-state index in [-0.39, 0.29) is 47.2 Å². The molecule has 0 atom stereocenters. The number of hydrogen-bond acceptors (Lipinski definition) is 6. The number of carbonyl (C=O) groups is 3. The number of amides is 1. The van der Waals surface area contributed by atoms with Gasteiger partial charge in [-0.15, -0.1) is 0 Å². The van der Waals surface area contributed by atoms with Crippen molar-refractivity contribution in [1.29, 1.82) is 0 Å². The molecule has 24 heavy (non-hydrogen) atoms. The number of hydrogen-bond donors (Lipinski definition) is 3. The molecule has 0 spiro atoms. The average molecular weight is 355 g/mol. The maximum absolute atomic E-state index is 12.4. The molecule has 1 aromatic rings. The highest BCUT2D eigenvalue weighted by Crippen LogP contribution is 2.30. The number of halogens is 1. The van der Waals surface area contributed by atoms with Crippen LogP contribution in [0, 0.1) is 0 Å². The van der Waals surface area contributed by atoms with Crippen molar-refractivity contribution in [3.63, 3.8) is 0 Å². The first-order chi connectivity index (χ1) is 11.4. The van der Waals surface area contributed by atoms with Gasteiger partial charge < -0.3 is 25.2 Å². The van der Waals surface area contributed by atoms with Crippen molar-refractivity contribution in [3.8, 4) is 0 Å². The number of benzene rings is 1. The number of methoxy groups -OCH3 is 1. The predicted octanol–water partition coefficient (Wildman–Crippen LogP) is 0.712. The van der Waals surface area contributed by atoms with Crippen LogP contribution in [0.4, 0.5) is 5.69 Å². The molecule has 1 amide bonds. The van der Waals surface area contributed by atoms with Gasteiger partial charge in [0.2, 0.25) is 0 Å². The first-order valence-electron chi connectivity index (χ1n) is 6.91. The van der Waals surface area contributed by atoms with Gasteiger partial charge in [-0.2, -0.15) is 0 Å². The fourth-order valence-corrected chi connectivity index (χ4v) is 2.53. The largest absolute Gasteiger partial charge is 0.478 e. The third kappa shape index (κ3) is 3.34. The molecule has 0 saturated heterocycles. The van der Waals surface area contributed by atoms with Crippen LogP contribution in [0.25, 0.3) is 0 Å². The summed E-state index contributed by atoms with van der Waals surface area (Å²) >= 11 is 6.03. The number of aromatic carboxylic acids is 1. The molecule has 128 valence electrons. The zero-order valence-electron chi connectivity index (χ0n) is 12.7. The van der Waals surface area contributed by atoms with Crippen LogP contribution in [0.2, 0.25) is 5.02 Å².